The van der Waals surface area contributed by atoms with Crippen LogP contribution in [0.15, 0.2) is 48.5 Å². The van der Waals surface area contributed by atoms with Crippen LogP contribution < -0.4 is 10.1 Å². The van der Waals surface area contributed by atoms with Crippen molar-refractivity contribution in [2.75, 3.05) is 7.11 Å². The summed E-state index contributed by atoms with van der Waals surface area (Å²) in [6.45, 7) is 0.446. The van der Waals surface area contributed by atoms with Gasteiger partial charge in [0.25, 0.3) is 0 Å². The van der Waals surface area contributed by atoms with Crippen molar-refractivity contribution in [3.05, 3.63) is 69.7 Å². The molecule has 0 bridgehead atoms. The number of halogens is 2. The Morgan fingerprint density at radius 1 is 1.18 bits per heavy atom. The molecule has 0 atom stereocenters. The van der Waals surface area contributed by atoms with Gasteiger partial charge in [0, 0.05) is 22.7 Å². The minimum atomic E-state index is -0.193. The normalized spacial score (nSPS) is 10.7. The monoisotopic (exact) mass is 335 g/mol. The second kappa shape index (κ2) is 7.87. The average Bonchev–Trinajstić information content (AvgIpc) is 2.52. The van der Waals surface area contributed by atoms with Gasteiger partial charge in [-0.25, -0.2) is 0 Å². The third-order valence-electron chi connectivity index (χ3n) is 3.00. The Balaban J connectivity index is 1.90. The van der Waals surface area contributed by atoms with E-state index in [9.17, 15) is 4.79 Å². The molecule has 0 spiro atoms. The molecule has 0 aliphatic carbocycles. The maximum atomic E-state index is 11.8. The van der Waals surface area contributed by atoms with E-state index >= 15 is 0 Å². The zero-order chi connectivity index (χ0) is 15.9. The predicted molar refractivity (Wildman–Crippen MR) is 90.3 cm³/mol. The first-order chi connectivity index (χ1) is 10.6. The van der Waals surface area contributed by atoms with E-state index in [1.54, 1.807) is 31.4 Å². The summed E-state index contributed by atoms with van der Waals surface area (Å²) in [5.74, 6) is 0.592. The van der Waals surface area contributed by atoms with Crippen molar-refractivity contribution in [1.82, 2.24) is 5.32 Å². The van der Waals surface area contributed by atoms with E-state index in [2.05, 4.69) is 5.32 Å². The number of nitrogens with one attached hydrogen (secondary N) is 1. The molecule has 0 aliphatic heterocycles. The van der Waals surface area contributed by atoms with Crippen molar-refractivity contribution in [3.8, 4) is 5.75 Å². The van der Waals surface area contributed by atoms with E-state index in [-0.39, 0.29) is 5.91 Å². The fraction of sp³-hybridized carbons (Fsp3) is 0.118. The van der Waals surface area contributed by atoms with Gasteiger partial charge in [-0.3, -0.25) is 4.79 Å². The highest BCUT2D eigenvalue weighted by Crippen LogP contribution is 2.21. The van der Waals surface area contributed by atoms with Crippen molar-refractivity contribution in [2.45, 2.75) is 6.54 Å². The van der Waals surface area contributed by atoms with Gasteiger partial charge >= 0.3 is 0 Å². The third-order valence-corrected chi connectivity index (χ3v) is 3.56. The predicted octanol–water partition coefficient (Wildman–Crippen LogP) is 4.33. The molecule has 0 unspecified atom stereocenters. The molecule has 114 valence electrons. The Hall–Kier alpha value is -1.97. The Morgan fingerprint density at radius 2 is 1.91 bits per heavy atom. The first-order valence-electron chi connectivity index (χ1n) is 6.62. The maximum absolute atomic E-state index is 11.8. The quantitative estimate of drug-likeness (QED) is 0.826. The van der Waals surface area contributed by atoms with E-state index in [0.717, 1.165) is 16.9 Å². The fourth-order valence-corrected chi connectivity index (χ4v) is 2.27. The van der Waals surface area contributed by atoms with Crippen LogP contribution in [0.25, 0.3) is 6.08 Å². The first kappa shape index (κ1) is 16.4. The number of benzene rings is 2. The van der Waals surface area contributed by atoms with Crippen LogP contribution in [-0.2, 0) is 11.3 Å². The van der Waals surface area contributed by atoms with Gasteiger partial charge in [-0.1, -0.05) is 41.4 Å². The topological polar surface area (TPSA) is 38.3 Å². The van der Waals surface area contributed by atoms with E-state index < -0.39 is 0 Å². The average molecular weight is 336 g/mol. The number of carbonyl (C=O) groups excluding carboxylic acids is 1. The molecule has 0 aromatic heterocycles. The second-order valence-corrected chi connectivity index (χ2v) is 5.41. The lowest BCUT2D eigenvalue weighted by atomic mass is 10.2. The molecule has 2 aromatic carbocycles. The van der Waals surface area contributed by atoms with Gasteiger partial charge in [-0.05, 0) is 41.5 Å². The molecule has 3 nitrogen and oxygen atoms in total. The van der Waals surface area contributed by atoms with E-state index in [0.29, 0.717) is 16.6 Å². The molecule has 1 amide bonds. The molecule has 0 fully saturated rings. The minimum Gasteiger partial charge on any atom is -0.497 e. The number of amides is 1. The number of ether oxygens (including phenoxy) is 1. The van der Waals surface area contributed by atoms with Gasteiger partial charge in [0.15, 0.2) is 0 Å². The van der Waals surface area contributed by atoms with Crippen LogP contribution >= 0.6 is 23.2 Å². The van der Waals surface area contributed by atoms with Crippen LogP contribution in [0.2, 0.25) is 10.0 Å². The molecule has 22 heavy (non-hydrogen) atoms. The summed E-state index contributed by atoms with van der Waals surface area (Å²) in [6.07, 6.45) is 3.10. The van der Waals surface area contributed by atoms with E-state index in [1.807, 2.05) is 24.3 Å². The van der Waals surface area contributed by atoms with Crippen LogP contribution in [0.4, 0.5) is 0 Å². The van der Waals surface area contributed by atoms with Gasteiger partial charge in [-0.15, -0.1) is 0 Å². The van der Waals surface area contributed by atoms with Crippen molar-refractivity contribution in [3.63, 3.8) is 0 Å². The first-order valence-corrected chi connectivity index (χ1v) is 7.38. The fourth-order valence-electron chi connectivity index (χ4n) is 1.79. The molecule has 1 N–H and O–H groups in total. The van der Waals surface area contributed by atoms with Gasteiger partial charge in [0.2, 0.25) is 5.91 Å². The third kappa shape index (κ3) is 4.79. The standard InChI is InChI=1S/C17H15Cl2NO2/c1-22-15-7-2-12(3-8-15)11-20-17(21)9-5-13-4-6-14(18)10-16(13)19/h2-10H,11H2,1H3,(H,20,21). The summed E-state index contributed by atoms with van der Waals surface area (Å²) < 4.78 is 5.08. The largest absolute Gasteiger partial charge is 0.497 e. The van der Waals surface area contributed by atoms with Crippen molar-refractivity contribution in [1.29, 1.82) is 0 Å². The highest BCUT2D eigenvalue weighted by molar-refractivity contribution is 6.35. The summed E-state index contributed by atoms with van der Waals surface area (Å²) in [6, 6.07) is 12.6. The molecule has 0 aliphatic rings. The lowest BCUT2D eigenvalue weighted by Gasteiger charge is -2.04. The number of rotatable bonds is 5. The molecule has 0 saturated carbocycles. The number of hydrogen-bond acceptors (Lipinski definition) is 2. The Morgan fingerprint density at radius 3 is 2.55 bits per heavy atom. The second-order valence-electron chi connectivity index (χ2n) is 4.57. The zero-order valence-corrected chi connectivity index (χ0v) is 13.5. The number of methoxy groups -OCH3 is 1. The number of hydrogen-bond donors (Lipinski definition) is 1. The Kier molecular flexibility index (Phi) is 5.87. The molecular formula is C17H15Cl2NO2. The van der Waals surface area contributed by atoms with Crippen molar-refractivity contribution in [2.24, 2.45) is 0 Å². The van der Waals surface area contributed by atoms with E-state index in [1.165, 1.54) is 6.08 Å². The van der Waals surface area contributed by atoms with Crippen LogP contribution in [0.5, 0.6) is 5.75 Å². The highest BCUT2D eigenvalue weighted by Gasteiger charge is 2.00. The van der Waals surface area contributed by atoms with Crippen LogP contribution in [-0.4, -0.2) is 13.0 Å². The molecule has 2 rings (SSSR count). The molecule has 2 aromatic rings. The molecule has 0 radical (unpaired) electrons. The molecule has 0 heterocycles. The SMILES string of the molecule is COc1ccc(CNC(=O)C=Cc2ccc(Cl)cc2Cl)cc1. The number of carbonyl (C=O) groups is 1. The summed E-state index contributed by atoms with van der Waals surface area (Å²) in [5.41, 5.74) is 1.73. The Bertz CT molecular complexity index is 682. The van der Waals surface area contributed by atoms with Gasteiger partial charge in [0.1, 0.15) is 5.75 Å². The van der Waals surface area contributed by atoms with E-state index in [4.69, 9.17) is 27.9 Å². The summed E-state index contributed by atoms with van der Waals surface area (Å²) >= 11 is 11.9. The molecule has 5 heteroatoms. The lowest BCUT2D eigenvalue weighted by molar-refractivity contribution is -0.116. The summed E-state index contributed by atoms with van der Waals surface area (Å²) in [5, 5.41) is 3.87. The van der Waals surface area contributed by atoms with Gasteiger partial charge in [0.05, 0.1) is 7.11 Å². The van der Waals surface area contributed by atoms with Gasteiger partial charge < -0.3 is 10.1 Å². The molecular weight excluding hydrogens is 321 g/mol. The minimum absolute atomic E-state index is 0.193. The van der Waals surface area contributed by atoms with Crippen LogP contribution in [0.3, 0.4) is 0 Å². The molecule has 0 saturated heterocycles. The smallest absolute Gasteiger partial charge is 0.244 e. The maximum Gasteiger partial charge on any atom is 0.244 e. The summed E-state index contributed by atoms with van der Waals surface area (Å²) in [4.78, 5) is 11.8. The Labute approximate surface area is 139 Å². The van der Waals surface area contributed by atoms with Crippen LogP contribution in [0, 0.1) is 0 Å². The van der Waals surface area contributed by atoms with Crippen molar-refractivity contribution >= 4 is 35.2 Å². The van der Waals surface area contributed by atoms with Crippen molar-refractivity contribution < 1.29 is 9.53 Å². The van der Waals surface area contributed by atoms with Crippen LogP contribution in [0.1, 0.15) is 11.1 Å². The summed E-state index contributed by atoms with van der Waals surface area (Å²) in [7, 11) is 1.61. The zero-order valence-electron chi connectivity index (χ0n) is 12.0. The van der Waals surface area contributed by atoms with Gasteiger partial charge in [-0.2, -0.15) is 0 Å². The highest BCUT2D eigenvalue weighted by atomic mass is 35.5. The lowest BCUT2D eigenvalue weighted by Crippen LogP contribution is -2.20.